The SMILES string of the molecule is COC(=O)c1nc(C(F)(F)F)sc1N1CCN(C(=O)Cn2nc(C)nc2C)[C@H](C)C1. The van der Waals surface area contributed by atoms with E-state index >= 15 is 0 Å². The molecular formula is C17H21F3N6O3S. The average molecular weight is 446 g/mol. The van der Waals surface area contributed by atoms with Crippen LogP contribution >= 0.6 is 11.3 Å². The van der Waals surface area contributed by atoms with E-state index in [9.17, 15) is 22.8 Å². The minimum atomic E-state index is -4.66. The van der Waals surface area contributed by atoms with Crippen molar-refractivity contribution in [3.8, 4) is 0 Å². The second-order valence-electron chi connectivity index (χ2n) is 6.91. The Morgan fingerprint density at radius 3 is 2.47 bits per heavy atom. The van der Waals surface area contributed by atoms with Crippen LogP contribution in [0.1, 0.15) is 34.1 Å². The molecule has 3 rings (SSSR count). The van der Waals surface area contributed by atoms with Gasteiger partial charge in [-0.05, 0) is 20.8 Å². The number of halogens is 3. The quantitative estimate of drug-likeness (QED) is 0.662. The molecule has 164 valence electrons. The zero-order chi connectivity index (χ0) is 22.2. The van der Waals surface area contributed by atoms with Crippen molar-refractivity contribution in [2.75, 3.05) is 31.6 Å². The van der Waals surface area contributed by atoms with Gasteiger partial charge in [0.25, 0.3) is 0 Å². The van der Waals surface area contributed by atoms with E-state index in [-0.39, 0.29) is 48.8 Å². The lowest BCUT2D eigenvalue weighted by Crippen LogP contribution is -2.55. The Bertz CT molecular complexity index is 957. The minimum Gasteiger partial charge on any atom is -0.464 e. The van der Waals surface area contributed by atoms with Gasteiger partial charge in [-0.25, -0.2) is 19.4 Å². The fraction of sp³-hybridized carbons (Fsp3) is 0.588. The van der Waals surface area contributed by atoms with E-state index in [2.05, 4.69) is 19.8 Å². The Labute approximate surface area is 174 Å². The summed E-state index contributed by atoms with van der Waals surface area (Å²) in [6.07, 6.45) is -4.66. The number of aromatic nitrogens is 4. The zero-order valence-electron chi connectivity index (χ0n) is 16.9. The molecule has 0 radical (unpaired) electrons. The number of rotatable bonds is 4. The number of aryl methyl sites for hydroxylation is 2. The summed E-state index contributed by atoms with van der Waals surface area (Å²) in [6.45, 7) is 6.12. The highest BCUT2D eigenvalue weighted by molar-refractivity contribution is 7.16. The third-order valence-corrected chi connectivity index (χ3v) is 5.87. The number of amides is 1. The van der Waals surface area contributed by atoms with Crippen LogP contribution in [-0.2, 0) is 22.3 Å². The Hall–Kier alpha value is -2.70. The molecular weight excluding hydrogens is 425 g/mol. The first-order valence-electron chi connectivity index (χ1n) is 9.10. The van der Waals surface area contributed by atoms with Crippen LogP contribution in [0.2, 0.25) is 0 Å². The number of hydrogen-bond donors (Lipinski definition) is 0. The van der Waals surface area contributed by atoms with Crippen molar-refractivity contribution in [2.45, 2.75) is 39.5 Å². The van der Waals surface area contributed by atoms with E-state index in [1.165, 1.54) is 4.68 Å². The molecule has 0 aliphatic carbocycles. The van der Waals surface area contributed by atoms with Gasteiger partial charge in [0.2, 0.25) is 10.9 Å². The van der Waals surface area contributed by atoms with Gasteiger partial charge in [0, 0.05) is 25.7 Å². The summed E-state index contributed by atoms with van der Waals surface area (Å²) in [5, 5.41) is 3.17. The summed E-state index contributed by atoms with van der Waals surface area (Å²) in [6, 6.07) is -0.293. The van der Waals surface area contributed by atoms with Crippen molar-refractivity contribution in [2.24, 2.45) is 0 Å². The minimum absolute atomic E-state index is 0.0310. The molecule has 0 saturated carbocycles. The van der Waals surface area contributed by atoms with Crippen LogP contribution in [0.4, 0.5) is 18.2 Å². The maximum absolute atomic E-state index is 13.1. The van der Waals surface area contributed by atoms with Crippen molar-refractivity contribution in [1.29, 1.82) is 0 Å². The maximum atomic E-state index is 13.1. The van der Waals surface area contributed by atoms with Gasteiger partial charge >= 0.3 is 12.1 Å². The summed E-state index contributed by atoms with van der Waals surface area (Å²) < 4.78 is 45.4. The highest BCUT2D eigenvalue weighted by Crippen LogP contribution is 2.39. The number of carbonyl (C=O) groups is 2. The predicted octanol–water partition coefficient (Wildman–Crippen LogP) is 1.89. The Morgan fingerprint density at radius 1 is 1.23 bits per heavy atom. The second-order valence-corrected chi connectivity index (χ2v) is 7.89. The Kier molecular flexibility index (Phi) is 6.01. The number of thiazole rings is 1. The number of esters is 1. The summed E-state index contributed by atoms with van der Waals surface area (Å²) in [7, 11) is 1.09. The fourth-order valence-corrected chi connectivity index (χ4v) is 4.28. The van der Waals surface area contributed by atoms with Gasteiger partial charge in [0.15, 0.2) is 5.69 Å². The average Bonchev–Trinajstić information content (AvgIpc) is 3.24. The lowest BCUT2D eigenvalue weighted by molar-refractivity contribution is -0.137. The van der Waals surface area contributed by atoms with Crippen molar-refractivity contribution in [3.63, 3.8) is 0 Å². The monoisotopic (exact) mass is 446 g/mol. The first-order valence-corrected chi connectivity index (χ1v) is 9.91. The number of nitrogens with zero attached hydrogens (tertiary/aromatic N) is 6. The van der Waals surface area contributed by atoms with Crippen LogP contribution in [0.15, 0.2) is 0 Å². The van der Waals surface area contributed by atoms with Crippen molar-refractivity contribution >= 4 is 28.2 Å². The highest BCUT2D eigenvalue weighted by Gasteiger charge is 2.39. The number of alkyl halides is 3. The van der Waals surface area contributed by atoms with Crippen LogP contribution in [0.3, 0.4) is 0 Å². The second kappa shape index (κ2) is 8.20. The molecule has 30 heavy (non-hydrogen) atoms. The van der Waals surface area contributed by atoms with Crippen molar-refractivity contribution < 1.29 is 27.5 Å². The molecule has 0 bridgehead atoms. The molecule has 0 aromatic carbocycles. The molecule has 1 amide bonds. The van der Waals surface area contributed by atoms with E-state index < -0.39 is 17.2 Å². The fourth-order valence-electron chi connectivity index (χ4n) is 3.32. The molecule has 3 heterocycles. The summed E-state index contributed by atoms with van der Waals surface area (Å²) in [5.74, 6) is 0.0990. The first kappa shape index (κ1) is 22.0. The molecule has 0 N–H and O–H groups in total. The van der Waals surface area contributed by atoms with Gasteiger partial charge in [-0.2, -0.15) is 18.3 Å². The molecule has 0 spiro atoms. The van der Waals surface area contributed by atoms with E-state index in [4.69, 9.17) is 0 Å². The summed E-state index contributed by atoms with van der Waals surface area (Å²) >= 11 is 0.399. The molecule has 0 unspecified atom stereocenters. The number of hydrogen-bond acceptors (Lipinski definition) is 8. The van der Waals surface area contributed by atoms with Crippen molar-refractivity contribution in [3.05, 3.63) is 22.4 Å². The van der Waals surface area contributed by atoms with Crippen LogP contribution in [0.25, 0.3) is 0 Å². The lowest BCUT2D eigenvalue weighted by atomic mass is 10.2. The maximum Gasteiger partial charge on any atom is 0.443 e. The van der Waals surface area contributed by atoms with Gasteiger partial charge in [-0.1, -0.05) is 11.3 Å². The normalized spacial score (nSPS) is 17.4. The molecule has 2 aromatic rings. The van der Waals surface area contributed by atoms with Gasteiger partial charge in [0.05, 0.1) is 7.11 Å². The smallest absolute Gasteiger partial charge is 0.443 e. The largest absolute Gasteiger partial charge is 0.464 e. The molecule has 13 heteroatoms. The van der Waals surface area contributed by atoms with Gasteiger partial charge < -0.3 is 14.5 Å². The summed E-state index contributed by atoms with van der Waals surface area (Å²) in [4.78, 5) is 35.6. The molecule has 2 aromatic heterocycles. The van der Waals surface area contributed by atoms with Crippen LogP contribution < -0.4 is 4.90 Å². The molecule has 1 aliphatic heterocycles. The standard InChI is InChI=1S/C17H21F3N6O3S/c1-9-7-24(14-13(15(28)29-4)22-16(30-14)17(18,19)20)5-6-25(9)12(27)8-26-11(3)21-10(2)23-26/h9H,5-8H2,1-4H3/t9-/m1/s1. The van der Waals surface area contributed by atoms with Crippen LogP contribution in [0, 0.1) is 13.8 Å². The van der Waals surface area contributed by atoms with E-state index in [1.807, 2.05) is 0 Å². The summed E-state index contributed by atoms with van der Waals surface area (Å²) in [5.41, 5.74) is -0.365. The van der Waals surface area contributed by atoms with Gasteiger partial charge in [-0.15, -0.1) is 0 Å². The number of piperazine rings is 1. The van der Waals surface area contributed by atoms with Crippen LogP contribution in [-0.4, -0.2) is 69.3 Å². The number of anilines is 1. The lowest BCUT2D eigenvalue weighted by Gasteiger charge is -2.40. The third-order valence-electron chi connectivity index (χ3n) is 4.71. The van der Waals surface area contributed by atoms with Gasteiger partial charge in [0.1, 0.15) is 23.2 Å². The molecule has 1 aliphatic rings. The predicted molar refractivity (Wildman–Crippen MR) is 101 cm³/mol. The van der Waals surface area contributed by atoms with E-state index in [0.29, 0.717) is 23.0 Å². The van der Waals surface area contributed by atoms with Crippen LogP contribution in [0.5, 0.6) is 0 Å². The number of methoxy groups -OCH3 is 1. The Morgan fingerprint density at radius 2 is 1.93 bits per heavy atom. The highest BCUT2D eigenvalue weighted by atomic mass is 32.1. The topological polar surface area (TPSA) is 93.5 Å². The molecule has 1 atom stereocenters. The zero-order valence-corrected chi connectivity index (χ0v) is 17.7. The number of carbonyl (C=O) groups excluding carboxylic acids is 2. The molecule has 1 saturated heterocycles. The number of ether oxygens (including phenoxy) is 1. The van der Waals surface area contributed by atoms with Crippen molar-refractivity contribution in [1.82, 2.24) is 24.6 Å². The molecule has 1 fully saturated rings. The van der Waals surface area contributed by atoms with E-state index in [0.717, 1.165) is 7.11 Å². The third kappa shape index (κ3) is 4.40. The Balaban J connectivity index is 1.76. The van der Waals surface area contributed by atoms with Gasteiger partial charge in [-0.3, -0.25) is 4.79 Å². The van der Waals surface area contributed by atoms with E-state index in [1.54, 1.807) is 30.6 Å². The molecule has 9 nitrogen and oxygen atoms in total. The first-order chi connectivity index (χ1) is 14.0.